The van der Waals surface area contributed by atoms with Crippen LogP contribution < -0.4 is 10.6 Å². The minimum atomic E-state index is -0.332. The van der Waals surface area contributed by atoms with Gasteiger partial charge >= 0.3 is 0 Å². The summed E-state index contributed by atoms with van der Waals surface area (Å²) < 4.78 is 5.47. The molecule has 35 heavy (non-hydrogen) atoms. The van der Waals surface area contributed by atoms with E-state index in [1.807, 2.05) is 38.1 Å². The van der Waals surface area contributed by atoms with Gasteiger partial charge in [0.25, 0.3) is 5.91 Å². The van der Waals surface area contributed by atoms with Crippen LogP contribution in [-0.4, -0.2) is 22.0 Å². The van der Waals surface area contributed by atoms with Crippen molar-refractivity contribution in [1.29, 1.82) is 0 Å². The molecule has 0 aliphatic heterocycles. The molecule has 1 heterocycles. The van der Waals surface area contributed by atoms with Gasteiger partial charge in [0.15, 0.2) is 5.82 Å². The van der Waals surface area contributed by atoms with Gasteiger partial charge in [0.1, 0.15) is 6.04 Å². The van der Waals surface area contributed by atoms with Gasteiger partial charge in [-0.1, -0.05) is 31.1 Å². The zero-order valence-corrected chi connectivity index (χ0v) is 20.8. The third-order valence-corrected chi connectivity index (χ3v) is 8.81. The third kappa shape index (κ3) is 4.50. The van der Waals surface area contributed by atoms with Crippen LogP contribution in [0.3, 0.4) is 0 Å². The SMILES string of the molecule is CC(C)C(NC(=O)c1ccc(CNC(=O)C23CC4CC(CC(C4)C2)C3)cc1)c1nc(C2CC2)no1. The van der Waals surface area contributed by atoms with Crippen LogP contribution in [0.5, 0.6) is 0 Å². The Hall–Kier alpha value is -2.70. The summed E-state index contributed by atoms with van der Waals surface area (Å²) in [6, 6.07) is 7.17. The molecular formula is C28H36N4O3. The second-order valence-corrected chi connectivity index (χ2v) is 12.0. The lowest BCUT2D eigenvalue weighted by molar-refractivity contribution is -0.146. The molecule has 5 aliphatic carbocycles. The quantitative estimate of drug-likeness (QED) is 0.564. The number of carbonyl (C=O) groups is 2. The number of hydrogen-bond donors (Lipinski definition) is 2. The normalized spacial score (nSPS) is 29.9. The van der Waals surface area contributed by atoms with Crippen LogP contribution in [0.25, 0.3) is 0 Å². The molecule has 7 rings (SSSR count). The molecule has 0 spiro atoms. The van der Waals surface area contributed by atoms with Crippen LogP contribution in [0.1, 0.15) is 105 Å². The first-order valence-electron chi connectivity index (χ1n) is 13.4. The molecule has 7 nitrogen and oxygen atoms in total. The maximum atomic E-state index is 13.2. The number of aromatic nitrogens is 2. The zero-order chi connectivity index (χ0) is 24.2. The molecule has 0 radical (unpaired) electrons. The predicted octanol–water partition coefficient (Wildman–Crippen LogP) is 4.91. The molecule has 2 amide bonds. The molecule has 1 aromatic heterocycles. The van der Waals surface area contributed by atoms with E-state index < -0.39 is 0 Å². The average molecular weight is 477 g/mol. The van der Waals surface area contributed by atoms with Crippen molar-refractivity contribution in [3.8, 4) is 0 Å². The predicted molar refractivity (Wildman–Crippen MR) is 130 cm³/mol. The lowest BCUT2D eigenvalue weighted by Crippen LogP contribution is -2.53. The van der Waals surface area contributed by atoms with Gasteiger partial charge in [-0.25, -0.2) is 0 Å². The summed E-state index contributed by atoms with van der Waals surface area (Å²) in [7, 11) is 0. The summed E-state index contributed by atoms with van der Waals surface area (Å²) >= 11 is 0. The van der Waals surface area contributed by atoms with E-state index in [0.29, 0.717) is 23.9 Å². The van der Waals surface area contributed by atoms with Gasteiger partial charge < -0.3 is 15.2 Å². The van der Waals surface area contributed by atoms with Gasteiger partial charge in [0.2, 0.25) is 11.8 Å². The minimum Gasteiger partial charge on any atom is -0.352 e. The standard InChI is InChI=1S/C28H36N4O3/c1-16(2)23(26-31-24(32-35-26)21-7-8-21)30-25(33)22-5-3-17(4-6-22)15-29-27(34)28-12-18-9-19(13-28)11-20(10-18)14-28/h3-6,16,18-21,23H,7-15H2,1-2H3,(H,29,34)(H,30,33). The second kappa shape index (κ2) is 8.75. The summed E-state index contributed by atoms with van der Waals surface area (Å²) in [5.41, 5.74) is 1.45. The van der Waals surface area contributed by atoms with Crippen molar-refractivity contribution in [1.82, 2.24) is 20.8 Å². The highest BCUT2D eigenvalue weighted by atomic mass is 16.5. The molecule has 5 aliphatic rings. The number of nitrogens with one attached hydrogen (secondary N) is 2. The summed E-state index contributed by atoms with van der Waals surface area (Å²) in [5, 5.41) is 10.4. The molecule has 7 heteroatoms. The Labute approximate surface area is 206 Å². The van der Waals surface area contributed by atoms with Crippen molar-refractivity contribution in [2.24, 2.45) is 29.1 Å². The Morgan fingerprint density at radius 1 is 1.03 bits per heavy atom. The average Bonchev–Trinajstić information content (AvgIpc) is 3.57. The molecule has 186 valence electrons. The molecule has 4 bridgehead atoms. The highest BCUT2D eigenvalue weighted by molar-refractivity contribution is 5.94. The molecule has 2 N–H and O–H groups in total. The molecule has 1 atom stereocenters. The van der Waals surface area contributed by atoms with Gasteiger partial charge in [-0.3, -0.25) is 9.59 Å². The Morgan fingerprint density at radius 3 is 2.23 bits per heavy atom. The number of amides is 2. The minimum absolute atomic E-state index is 0.116. The Bertz CT molecular complexity index is 1070. The first-order valence-corrected chi connectivity index (χ1v) is 13.4. The van der Waals surface area contributed by atoms with Crippen molar-refractivity contribution in [2.45, 2.75) is 83.7 Å². The monoisotopic (exact) mass is 476 g/mol. The van der Waals surface area contributed by atoms with Crippen LogP contribution in [0.2, 0.25) is 0 Å². The second-order valence-electron chi connectivity index (χ2n) is 12.0. The van der Waals surface area contributed by atoms with Gasteiger partial charge in [-0.05, 0) is 92.7 Å². The van der Waals surface area contributed by atoms with E-state index in [0.717, 1.165) is 61.2 Å². The first-order chi connectivity index (χ1) is 16.9. The number of nitrogens with zero attached hydrogens (tertiary/aromatic N) is 2. The van der Waals surface area contributed by atoms with E-state index in [9.17, 15) is 9.59 Å². The van der Waals surface area contributed by atoms with Crippen molar-refractivity contribution in [2.75, 3.05) is 0 Å². The highest BCUT2D eigenvalue weighted by Gasteiger charge is 2.54. The number of carbonyl (C=O) groups excluding carboxylic acids is 2. The van der Waals surface area contributed by atoms with Crippen LogP contribution in [0.15, 0.2) is 28.8 Å². The maximum absolute atomic E-state index is 13.2. The molecule has 1 aromatic carbocycles. The zero-order valence-electron chi connectivity index (χ0n) is 20.8. The van der Waals surface area contributed by atoms with E-state index in [2.05, 4.69) is 20.8 Å². The van der Waals surface area contributed by atoms with Crippen LogP contribution in [-0.2, 0) is 11.3 Å². The maximum Gasteiger partial charge on any atom is 0.251 e. The fourth-order valence-corrected chi connectivity index (χ4v) is 7.15. The van der Waals surface area contributed by atoms with Gasteiger partial charge in [-0.2, -0.15) is 4.98 Å². The Balaban J connectivity index is 1.06. The number of benzene rings is 1. The van der Waals surface area contributed by atoms with Crippen molar-refractivity contribution >= 4 is 11.8 Å². The lowest BCUT2D eigenvalue weighted by Gasteiger charge is -2.55. The number of rotatable bonds is 8. The summed E-state index contributed by atoms with van der Waals surface area (Å²) in [6.45, 7) is 4.56. The molecule has 0 saturated heterocycles. The Morgan fingerprint density at radius 2 is 1.66 bits per heavy atom. The van der Waals surface area contributed by atoms with Crippen molar-refractivity contribution < 1.29 is 14.1 Å². The smallest absolute Gasteiger partial charge is 0.251 e. The van der Waals surface area contributed by atoms with E-state index >= 15 is 0 Å². The van der Waals surface area contributed by atoms with Crippen LogP contribution >= 0.6 is 0 Å². The topological polar surface area (TPSA) is 97.1 Å². The van der Waals surface area contributed by atoms with Gasteiger partial charge in [0, 0.05) is 23.4 Å². The van der Waals surface area contributed by atoms with Crippen molar-refractivity contribution in [3.05, 3.63) is 47.1 Å². The van der Waals surface area contributed by atoms with E-state index in [1.165, 1.54) is 19.3 Å². The number of hydrogen-bond acceptors (Lipinski definition) is 5. The van der Waals surface area contributed by atoms with Crippen LogP contribution in [0.4, 0.5) is 0 Å². The lowest BCUT2D eigenvalue weighted by atomic mass is 9.49. The largest absolute Gasteiger partial charge is 0.352 e. The first kappa shape index (κ1) is 22.7. The summed E-state index contributed by atoms with van der Waals surface area (Å²) in [6.07, 6.45) is 9.43. The van der Waals surface area contributed by atoms with Crippen LogP contribution in [0, 0.1) is 29.1 Å². The van der Waals surface area contributed by atoms with E-state index in [1.54, 1.807) is 0 Å². The Kier molecular flexibility index (Phi) is 5.69. The molecule has 5 saturated carbocycles. The highest BCUT2D eigenvalue weighted by Crippen LogP contribution is 2.60. The van der Waals surface area contributed by atoms with E-state index in [4.69, 9.17) is 4.52 Å². The van der Waals surface area contributed by atoms with Gasteiger partial charge in [-0.15, -0.1) is 0 Å². The molecule has 2 aromatic rings. The third-order valence-electron chi connectivity index (χ3n) is 8.81. The van der Waals surface area contributed by atoms with E-state index in [-0.39, 0.29) is 29.2 Å². The fraction of sp³-hybridized carbons (Fsp3) is 0.643. The molecular weight excluding hydrogens is 440 g/mol. The molecule has 5 fully saturated rings. The summed E-state index contributed by atoms with van der Waals surface area (Å²) in [5.74, 6) is 4.09. The fourth-order valence-electron chi connectivity index (χ4n) is 7.15. The summed E-state index contributed by atoms with van der Waals surface area (Å²) in [4.78, 5) is 30.7. The molecule has 1 unspecified atom stereocenters. The van der Waals surface area contributed by atoms with Gasteiger partial charge in [0.05, 0.1) is 0 Å². The van der Waals surface area contributed by atoms with Crippen molar-refractivity contribution in [3.63, 3.8) is 0 Å².